The van der Waals surface area contributed by atoms with E-state index < -0.39 is 0 Å². The Bertz CT molecular complexity index is 401. The fourth-order valence-corrected chi connectivity index (χ4v) is 1.31. The van der Waals surface area contributed by atoms with E-state index in [0.717, 1.165) is 18.7 Å². The summed E-state index contributed by atoms with van der Waals surface area (Å²) >= 11 is 0. The zero-order valence-corrected chi connectivity index (χ0v) is 8.33. The van der Waals surface area contributed by atoms with Crippen molar-refractivity contribution >= 4 is 5.82 Å². The number of nitriles is 1. The summed E-state index contributed by atoms with van der Waals surface area (Å²) in [5, 5.41) is 12.0. The van der Waals surface area contributed by atoms with Gasteiger partial charge in [0, 0.05) is 11.6 Å². The van der Waals surface area contributed by atoms with Crippen LogP contribution in [-0.2, 0) is 0 Å². The van der Waals surface area contributed by atoms with Crippen molar-refractivity contribution in [1.29, 1.82) is 5.26 Å². The Hall–Kier alpha value is -1.63. The summed E-state index contributed by atoms with van der Waals surface area (Å²) in [5.41, 5.74) is 0.609. The van der Waals surface area contributed by atoms with Crippen LogP contribution in [0.5, 0.6) is 0 Å². The largest absolute Gasteiger partial charge is 0.365 e. The molecule has 1 saturated carbocycles. The Labute approximate surface area is 83.0 Å². The average molecular weight is 188 g/mol. The van der Waals surface area contributed by atoms with Crippen molar-refractivity contribution in [2.75, 3.05) is 5.32 Å². The number of hydrogen-bond acceptors (Lipinski definition) is 4. The van der Waals surface area contributed by atoms with Crippen LogP contribution in [0.15, 0.2) is 6.07 Å². The molecule has 4 nitrogen and oxygen atoms in total. The third-order valence-corrected chi connectivity index (χ3v) is 2.38. The second-order valence-corrected chi connectivity index (χ2v) is 3.98. The van der Waals surface area contributed by atoms with Crippen LogP contribution in [0.4, 0.5) is 5.82 Å². The topological polar surface area (TPSA) is 61.6 Å². The number of hydrogen-bond donors (Lipinski definition) is 1. The smallest absolute Gasteiger partial charge is 0.146 e. The van der Waals surface area contributed by atoms with E-state index in [0.29, 0.717) is 11.5 Å². The van der Waals surface area contributed by atoms with Crippen molar-refractivity contribution in [2.24, 2.45) is 0 Å². The van der Waals surface area contributed by atoms with Crippen LogP contribution in [0.1, 0.15) is 31.3 Å². The van der Waals surface area contributed by atoms with Crippen LogP contribution < -0.4 is 5.32 Å². The average Bonchev–Trinajstić information content (AvgIpc) is 2.82. The molecule has 0 saturated heterocycles. The molecule has 1 aromatic heterocycles. The number of nitrogens with one attached hydrogen (secondary N) is 1. The van der Waals surface area contributed by atoms with Gasteiger partial charge in [-0.25, -0.2) is 9.97 Å². The maximum Gasteiger partial charge on any atom is 0.146 e. The number of anilines is 1. The lowest BCUT2D eigenvalue weighted by Crippen LogP contribution is -2.17. The fraction of sp³-hybridized carbons (Fsp3) is 0.500. The van der Waals surface area contributed by atoms with Gasteiger partial charge in [0.05, 0.1) is 0 Å². The highest BCUT2D eigenvalue weighted by Gasteiger charge is 2.37. The van der Waals surface area contributed by atoms with Gasteiger partial charge < -0.3 is 5.32 Å². The molecule has 0 radical (unpaired) electrons. The zero-order valence-electron chi connectivity index (χ0n) is 8.33. The van der Waals surface area contributed by atoms with Gasteiger partial charge in [-0.1, -0.05) is 0 Å². The Morgan fingerprint density at radius 3 is 2.79 bits per heavy atom. The van der Waals surface area contributed by atoms with Gasteiger partial charge in [-0.3, -0.25) is 0 Å². The molecule has 0 unspecified atom stereocenters. The van der Waals surface area contributed by atoms with Gasteiger partial charge in [0.2, 0.25) is 0 Å². The number of aryl methyl sites for hydroxylation is 1. The van der Waals surface area contributed by atoms with Gasteiger partial charge in [0.1, 0.15) is 23.4 Å². The Morgan fingerprint density at radius 2 is 2.21 bits per heavy atom. The minimum atomic E-state index is 0.188. The SMILES string of the molecule is Cc1nc(C#N)cc(NC2(C)CC2)n1. The second kappa shape index (κ2) is 2.95. The summed E-state index contributed by atoms with van der Waals surface area (Å²) < 4.78 is 0. The van der Waals surface area contributed by atoms with Crippen molar-refractivity contribution in [3.63, 3.8) is 0 Å². The van der Waals surface area contributed by atoms with Gasteiger partial charge in [0.15, 0.2) is 0 Å². The van der Waals surface area contributed by atoms with E-state index in [9.17, 15) is 0 Å². The summed E-state index contributed by atoms with van der Waals surface area (Å²) in [7, 11) is 0. The third kappa shape index (κ3) is 1.82. The molecule has 0 atom stereocenters. The van der Waals surface area contributed by atoms with E-state index in [1.807, 2.05) is 6.07 Å². The molecule has 1 N–H and O–H groups in total. The molecule has 1 aliphatic carbocycles. The van der Waals surface area contributed by atoms with Crippen LogP contribution in [-0.4, -0.2) is 15.5 Å². The van der Waals surface area contributed by atoms with Crippen LogP contribution >= 0.6 is 0 Å². The molecule has 0 amide bonds. The van der Waals surface area contributed by atoms with Crippen LogP contribution in [0.3, 0.4) is 0 Å². The third-order valence-electron chi connectivity index (χ3n) is 2.38. The van der Waals surface area contributed by atoms with Gasteiger partial charge in [-0.05, 0) is 26.7 Å². The molecule has 0 spiro atoms. The zero-order chi connectivity index (χ0) is 10.2. The summed E-state index contributed by atoms with van der Waals surface area (Å²) in [5.74, 6) is 1.39. The van der Waals surface area contributed by atoms with Crippen molar-refractivity contribution in [3.8, 4) is 6.07 Å². The summed E-state index contributed by atoms with van der Waals surface area (Å²) in [4.78, 5) is 8.22. The number of aromatic nitrogens is 2. The maximum absolute atomic E-state index is 8.73. The van der Waals surface area contributed by atoms with Gasteiger partial charge in [-0.15, -0.1) is 0 Å². The molecule has 72 valence electrons. The highest BCUT2D eigenvalue weighted by molar-refractivity contribution is 5.43. The Kier molecular flexibility index (Phi) is 1.88. The molecule has 4 heteroatoms. The first-order chi connectivity index (χ1) is 6.61. The quantitative estimate of drug-likeness (QED) is 0.766. The minimum absolute atomic E-state index is 0.188. The van der Waals surface area contributed by atoms with E-state index in [2.05, 4.69) is 22.2 Å². The van der Waals surface area contributed by atoms with Gasteiger partial charge >= 0.3 is 0 Å². The van der Waals surface area contributed by atoms with E-state index in [1.165, 1.54) is 0 Å². The summed E-state index contributed by atoms with van der Waals surface area (Å²) in [6.45, 7) is 3.94. The highest BCUT2D eigenvalue weighted by atomic mass is 15.1. The fourth-order valence-electron chi connectivity index (χ4n) is 1.31. The van der Waals surface area contributed by atoms with Gasteiger partial charge in [0.25, 0.3) is 0 Å². The first-order valence-corrected chi connectivity index (χ1v) is 4.65. The van der Waals surface area contributed by atoms with Crippen molar-refractivity contribution in [1.82, 2.24) is 9.97 Å². The van der Waals surface area contributed by atoms with E-state index >= 15 is 0 Å². The van der Waals surface area contributed by atoms with Crippen molar-refractivity contribution in [2.45, 2.75) is 32.2 Å². The summed E-state index contributed by atoms with van der Waals surface area (Å²) in [6, 6.07) is 3.71. The van der Waals surface area contributed by atoms with Crippen LogP contribution in [0.2, 0.25) is 0 Å². The lowest BCUT2D eigenvalue weighted by atomic mass is 10.3. The van der Waals surface area contributed by atoms with Gasteiger partial charge in [-0.2, -0.15) is 5.26 Å². The lowest BCUT2D eigenvalue weighted by Gasteiger charge is -2.12. The standard InChI is InChI=1S/C10H12N4/c1-7-12-8(6-11)5-9(13-7)14-10(2)3-4-10/h5H,3-4H2,1-2H3,(H,12,13,14). The highest BCUT2D eigenvalue weighted by Crippen LogP contribution is 2.37. The maximum atomic E-state index is 8.73. The first-order valence-electron chi connectivity index (χ1n) is 4.65. The Balaban J connectivity index is 2.25. The second-order valence-electron chi connectivity index (χ2n) is 3.98. The molecule has 1 heterocycles. The molecule has 1 fully saturated rings. The molecule has 0 bridgehead atoms. The molecule has 14 heavy (non-hydrogen) atoms. The van der Waals surface area contributed by atoms with E-state index in [4.69, 9.17) is 5.26 Å². The number of rotatable bonds is 2. The molecular formula is C10H12N4. The molecule has 0 aromatic carbocycles. The van der Waals surface area contributed by atoms with Crippen molar-refractivity contribution in [3.05, 3.63) is 17.6 Å². The predicted molar refractivity (Wildman–Crippen MR) is 52.7 cm³/mol. The molecule has 0 aliphatic heterocycles. The normalized spacial score (nSPS) is 17.2. The monoisotopic (exact) mass is 188 g/mol. The molecule has 1 aliphatic rings. The molecular weight excluding hydrogens is 176 g/mol. The number of nitrogens with zero attached hydrogens (tertiary/aromatic N) is 3. The Morgan fingerprint density at radius 1 is 1.50 bits per heavy atom. The van der Waals surface area contributed by atoms with Crippen LogP contribution in [0.25, 0.3) is 0 Å². The molecule has 2 rings (SSSR count). The minimum Gasteiger partial charge on any atom is -0.365 e. The predicted octanol–water partition coefficient (Wildman–Crippen LogP) is 1.62. The lowest BCUT2D eigenvalue weighted by molar-refractivity contribution is 0.815. The summed E-state index contributed by atoms with van der Waals surface area (Å²) in [6.07, 6.45) is 2.33. The van der Waals surface area contributed by atoms with E-state index in [1.54, 1.807) is 13.0 Å². The first kappa shape index (κ1) is 8.95. The van der Waals surface area contributed by atoms with E-state index in [-0.39, 0.29) is 5.54 Å². The van der Waals surface area contributed by atoms with Crippen molar-refractivity contribution < 1.29 is 0 Å². The molecule has 1 aromatic rings. The van der Waals surface area contributed by atoms with Crippen LogP contribution in [0, 0.1) is 18.3 Å².